The summed E-state index contributed by atoms with van der Waals surface area (Å²) in [5, 5.41) is 0. The molecule has 2 heterocycles. The summed E-state index contributed by atoms with van der Waals surface area (Å²) in [6.45, 7) is 9.82. The van der Waals surface area contributed by atoms with E-state index in [4.69, 9.17) is 16.3 Å². The molecule has 0 atom stereocenters. The monoisotopic (exact) mass is 310 g/mol. The zero-order valence-electron chi connectivity index (χ0n) is 13.4. The largest absolute Gasteiger partial charge is 0.479 e. The van der Waals surface area contributed by atoms with Gasteiger partial charge in [-0.2, -0.15) is 4.98 Å². The standard InChI is InChI=1S/C15H23ClN4O/c1-10(2)15(3,4)8-20-11(6-7-16)19-12-13(20)17-9-18-14(12)21-5/h9-10H,6-8H2,1-5H3. The number of fused-ring (bicyclic) bond motifs is 1. The average Bonchev–Trinajstić information content (AvgIpc) is 2.76. The van der Waals surface area contributed by atoms with Crippen molar-refractivity contribution in [2.24, 2.45) is 11.3 Å². The van der Waals surface area contributed by atoms with E-state index in [-0.39, 0.29) is 5.41 Å². The van der Waals surface area contributed by atoms with Gasteiger partial charge in [0.2, 0.25) is 5.88 Å². The van der Waals surface area contributed by atoms with Gasteiger partial charge < -0.3 is 9.30 Å². The minimum atomic E-state index is 0.132. The van der Waals surface area contributed by atoms with Gasteiger partial charge >= 0.3 is 0 Å². The molecule has 0 aliphatic rings. The lowest BCUT2D eigenvalue weighted by Crippen LogP contribution is -2.26. The van der Waals surface area contributed by atoms with E-state index >= 15 is 0 Å². The first-order chi connectivity index (χ1) is 9.90. The molecular weight excluding hydrogens is 288 g/mol. The van der Waals surface area contributed by atoms with Crippen molar-refractivity contribution < 1.29 is 4.74 Å². The fraction of sp³-hybridized carbons (Fsp3) is 0.667. The Morgan fingerprint density at radius 1 is 1.33 bits per heavy atom. The molecule has 0 aromatic carbocycles. The van der Waals surface area contributed by atoms with Crippen LogP contribution in [-0.4, -0.2) is 32.5 Å². The first kappa shape index (κ1) is 16.0. The SMILES string of the molecule is COc1ncnc2c1nc(CCCl)n2CC(C)(C)C(C)C. The van der Waals surface area contributed by atoms with Crippen LogP contribution in [0.15, 0.2) is 6.33 Å². The molecule has 2 rings (SSSR count). The molecule has 0 aliphatic carbocycles. The summed E-state index contributed by atoms with van der Waals surface area (Å²) < 4.78 is 7.45. The molecule has 0 aliphatic heterocycles. The zero-order valence-corrected chi connectivity index (χ0v) is 14.1. The summed E-state index contributed by atoms with van der Waals surface area (Å²) in [6, 6.07) is 0. The van der Waals surface area contributed by atoms with Gasteiger partial charge in [-0.1, -0.05) is 27.7 Å². The second-order valence-corrected chi connectivity index (χ2v) is 6.63. The van der Waals surface area contributed by atoms with E-state index in [0.717, 1.165) is 18.0 Å². The van der Waals surface area contributed by atoms with E-state index in [9.17, 15) is 0 Å². The highest BCUT2D eigenvalue weighted by molar-refractivity contribution is 6.17. The Hall–Kier alpha value is -1.36. The maximum Gasteiger partial charge on any atom is 0.245 e. The van der Waals surface area contributed by atoms with Crippen LogP contribution in [0, 0.1) is 11.3 Å². The minimum Gasteiger partial charge on any atom is -0.479 e. The summed E-state index contributed by atoms with van der Waals surface area (Å²) >= 11 is 5.92. The number of imidazole rings is 1. The predicted molar refractivity (Wildman–Crippen MR) is 84.9 cm³/mol. The fourth-order valence-corrected chi connectivity index (χ4v) is 2.31. The van der Waals surface area contributed by atoms with Crippen LogP contribution in [0.5, 0.6) is 5.88 Å². The van der Waals surface area contributed by atoms with Crippen LogP contribution in [-0.2, 0) is 13.0 Å². The molecule has 2 aromatic heterocycles. The number of halogens is 1. The van der Waals surface area contributed by atoms with Crippen molar-refractivity contribution in [3.8, 4) is 5.88 Å². The molecule has 0 bridgehead atoms. The molecule has 0 fully saturated rings. The van der Waals surface area contributed by atoms with Crippen LogP contribution in [0.2, 0.25) is 0 Å². The van der Waals surface area contributed by atoms with Crippen molar-refractivity contribution in [2.45, 2.75) is 40.7 Å². The van der Waals surface area contributed by atoms with E-state index in [0.29, 0.717) is 29.6 Å². The molecule has 0 saturated heterocycles. The third-order valence-electron chi connectivity index (χ3n) is 4.22. The predicted octanol–water partition coefficient (Wildman–Crippen LogP) is 3.30. The van der Waals surface area contributed by atoms with Crippen LogP contribution < -0.4 is 4.74 Å². The third kappa shape index (κ3) is 3.12. The molecule has 2 aromatic rings. The van der Waals surface area contributed by atoms with Gasteiger partial charge in [-0.05, 0) is 11.3 Å². The van der Waals surface area contributed by atoms with Crippen molar-refractivity contribution in [2.75, 3.05) is 13.0 Å². The molecule has 0 spiro atoms. The lowest BCUT2D eigenvalue weighted by atomic mass is 9.81. The highest BCUT2D eigenvalue weighted by atomic mass is 35.5. The molecule has 21 heavy (non-hydrogen) atoms. The van der Waals surface area contributed by atoms with E-state index < -0.39 is 0 Å². The molecule has 0 amide bonds. The number of ether oxygens (including phenoxy) is 1. The number of nitrogens with zero attached hydrogens (tertiary/aromatic N) is 4. The van der Waals surface area contributed by atoms with Gasteiger partial charge in [-0.15, -0.1) is 11.6 Å². The van der Waals surface area contributed by atoms with Gasteiger partial charge in [-0.3, -0.25) is 0 Å². The Kier molecular flexibility index (Phi) is 4.71. The number of alkyl halides is 1. The molecule has 0 saturated carbocycles. The second-order valence-electron chi connectivity index (χ2n) is 6.25. The van der Waals surface area contributed by atoms with Gasteiger partial charge in [0.05, 0.1) is 7.11 Å². The Bertz CT molecular complexity index is 621. The van der Waals surface area contributed by atoms with Gasteiger partial charge in [0.25, 0.3) is 0 Å². The molecular formula is C15H23ClN4O. The lowest BCUT2D eigenvalue weighted by molar-refractivity contribution is 0.210. The maximum absolute atomic E-state index is 5.92. The summed E-state index contributed by atoms with van der Waals surface area (Å²) in [5.41, 5.74) is 1.66. The highest BCUT2D eigenvalue weighted by Crippen LogP contribution is 2.31. The van der Waals surface area contributed by atoms with Gasteiger partial charge in [0.1, 0.15) is 12.2 Å². The molecule has 6 heteroatoms. The summed E-state index contributed by atoms with van der Waals surface area (Å²) in [5.74, 6) is 2.52. The van der Waals surface area contributed by atoms with Crippen molar-refractivity contribution in [3.05, 3.63) is 12.2 Å². The Morgan fingerprint density at radius 2 is 2.05 bits per heavy atom. The minimum absolute atomic E-state index is 0.132. The zero-order chi connectivity index (χ0) is 15.6. The van der Waals surface area contributed by atoms with E-state index in [1.54, 1.807) is 7.11 Å². The number of hydrogen-bond donors (Lipinski definition) is 0. The topological polar surface area (TPSA) is 52.8 Å². The van der Waals surface area contributed by atoms with Crippen LogP contribution in [0.25, 0.3) is 11.2 Å². The third-order valence-corrected chi connectivity index (χ3v) is 4.41. The first-order valence-corrected chi connectivity index (χ1v) is 7.74. The number of aromatic nitrogens is 4. The van der Waals surface area contributed by atoms with Crippen molar-refractivity contribution in [3.63, 3.8) is 0 Å². The van der Waals surface area contributed by atoms with Gasteiger partial charge in [0, 0.05) is 18.8 Å². The van der Waals surface area contributed by atoms with Crippen LogP contribution >= 0.6 is 11.6 Å². The first-order valence-electron chi connectivity index (χ1n) is 7.20. The molecule has 116 valence electrons. The lowest BCUT2D eigenvalue weighted by Gasteiger charge is -2.30. The highest BCUT2D eigenvalue weighted by Gasteiger charge is 2.26. The van der Waals surface area contributed by atoms with Crippen LogP contribution in [0.1, 0.15) is 33.5 Å². The van der Waals surface area contributed by atoms with Crippen molar-refractivity contribution in [1.29, 1.82) is 0 Å². The normalized spacial score (nSPS) is 12.3. The van der Waals surface area contributed by atoms with Crippen LogP contribution in [0.3, 0.4) is 0 Å². The summed E-state index contributed by atoms with van der Waals surface area (Å²) in [4.78, 5) is 13.2. The van der Waals surface area contributed by atoms with E-state index in [1.807, 2.05) is 0 Å². The smallest absolute Gasteiger partial charge is 0.245 e. The Labute approximate surface area is 130 Å². The Morgan fingerprint density at radius 3 is 2.62 bits per heavy atom. The Balaban J connectivity index is 2.56. The number of aryl methyl sites for hydroxylation is 1. The van der Waals surface area contributed by atoms with Crippen molar-refractivity contribution >= 4 is 22.8 Å². The quantitative estimate of drug-likeness (QED) is 0.768. The number of methoxy groups -OCH3 is 1. The average molecular weight is 311 g/mol. The second kappa shape index (κ2) is 6.18. The molecule has 0 N–H and O–H groups in total. The molecule has 0 radical (unpaired) electrons. The number of rotatable bonds is 6. The summed E-state index contributed by atoms with van der Waals surface area (Å²) in [6.07, 6.45) is 2.22. The molecule has 0 unspecified atom stereocenters. The summed E-state index contributed by atoms with van der Waals surface area (Å²) in [7, 11) is 1.60. The van der Waals surface area contributed by atoms with Crippen LogP contribution in [0.4, 0.5) is 0 Å². The van der Waals surface area contributed by atoms with Crippen molar-refractivity contribution in [1.82, 2.24) is 19.5 Å². The fourth-order valence-electron chi connectivity index (χ4n) is 2.14. The number of hydrogen-bond acceptors (Lipinski definition) is 4. The maximum atomic E-state index is 5.92. The van der Waals surface area contributed by atoms with Gasteiger partial charge in [0.15, 0.2) is 11.2 Å². The molecule has 5 nitrogen and oxygen atoms in total. The van der Waals surface area contributed by atoms with E-state index in [2.05, 4.69) is 47.2 Å². The van der Waals surface area contributed by atoms with E-state index in [1.165, 1.54) is 6.33 Å². The van der Waals surface area contributed by atoms with Gasteiger partial charge in [-0.25, -0.2) is 9.97 Å².